The fraction of sp³-hybridized carbons (Fsp3) is 0.591. The van der Waals surface area contributed by atoms with Crippen LogP contribution < -0.4 is 4.90 Å². The van der Waals surface area contributed by atoms with Crippen LogP contribution >= 0.6 is 23.2 Å². The van der Waals surface area contributed by atoms with Crippen LogP contribution in [0.5, 0.6) is 0 Å². The Morgan fingerprint density at radius 2 is 1.76 bits per heavy atom. The largest absolute Gasteiger partial charge is 0.353 e. The van der Waals surface area contributed by atoms with Crippen molar-refractivity contribution in [2.75, 3.05) is 50.7 Å². The number of nitrogens with one attached hydrogen (secondary N) is 1. The van der Waals surface area contributed by atoms with Crippen LogP contribution in [0.25, 0.3) is 11.3 Å². The van der Waals surface area contributed by atoms with Gasteiger partial charge in [-0.25, -0.2) is 0 Å². The number of hydrogen-bond donors (Lipinski definition) is 1. The summed E-state index contributed by atoms with van der Waals surface area (Å²) in [5, 5.41) is 8.94. The van der Waals surface area contributed by atoms with Crippen LogP contribution in [0.2, 0.25) is 10.0 Å². The van der Waals surface area contributed by atoms with E-state index < -0.39 is 0 Å². The second-order valence-corrected chi connectivity index (χ2v) is 9.56. The molecule has 0 aliphatic carbocycles. The summed E-state index contributed by atoms with van der Waals surface area (Å²) in [6, 6.07) is 8.33. The lowest BCUT2D eigenvalue weighted by atomic mass is 9.96. The van der Waals surface area contributed by atoms with Crippen LogP contribution in [0.15, 0.2) is 24.3 Å². The Kier molecular flexibility index (Phi) is 6.69. The van der Waals surface area contributed by atoms with Crippen molar-refractivity contribution in [3.8, 4) is 11.3 Å². The summed E-state index contributed by atoms with van der Waals surface area (Å²) < 4.78 is 0. The molecule has 29 heavy (non-hydrogen) atoms. The maximum atomic E-state index is 6.14. The van der Waals surface area contributed by atoms with Crippen molar-refractivity contribution < 1.29 is 0 Å². The molecule has 2 saturated heterocycles. The van der Waals surface area contributed by atoms with Crippen molar-refractivity contribution in [2.24, 2.45) is 5.92 Å². The molecule has 2 aromatic rings. The molecule has 2 aliphatic heterocycles. The second-order valence-electron chi connectivity index (χ2n) is 8.68. The molecule has 0 bridgehead atoms. The van der Waals surface area contributed by atoms with Crippen LogP contribution in [0.1, 0.15) is 26.7 Å². The molecule has 2 fully saturated rings. The quantitative estimate of drug-likeness (QED) is 0.742. The third-order valence-electron chi connectivity index (χ3n) is 6.23. The molecule has 0 radical (unpaired) electrons. The molecule has 158 valence electrons. The van der Waals surface area contributed by atoms with E-state index in [1.807, 2.05) is 12.1 Å². The highest BCUT2D eigenvalue weighted by Crippen LogP contribution is 2.28. The lowest BCUT2D eigenvalue weighted by Gasteiger charge is -2.40. The third kappa shape index (κ3) is 5.26. The Labute approximate surface area is 184 Å². The summed E-state index contributed by atoms with van der Waals surface area (Å²) in [6.07, 6.45) is 2.71. The zero-order valence-electron chi connectivity index (χ0n) is 17.4. The Morgan fingerprint density at radius 1 is 1.03 bits per heavy atom. The molecule has 1 atom stereocenters. The lowest BCUT2D eigenvalue weighted by molar-refractivity contribution is 0.108. The highest BCUT2D eigenvalue weighted by Gasteiger charge is 2.26. The van der Waals surface area contributed by atoms with Gasteiger partial charge in [-0.1, -0.05) is 23.2 Å². The molecule has 0 saturated carbocycles. The number of rotatable bonds is 5. The number of aromatic nitrogens is 2. The SMILES string of the molecule is CC(C)N1CCCC(CN2CCN(c3cc(-c4cc(Cl)cc(Cl)c4)[nH]n3)CC2)C1. The van der Waals surface area contributed by atoms with E-state index in [0.29, 0.717) is 16.1 Å². The average molecular weight is 436 g/mol. The average Bonchev–Trinajstić information content (AvgIpc) is 3.18. The number of likely N-dealkylation sites (tertiary alicyclic amines) is 1. The summed E-state index contributed by atoms with van der Waals surface area (Å²) in [7, 11) is 0. The van der Waals surface area contributed by atoms with E-state index >= 15 is 0 Å². The van der Waals surface area contributed by atoms with Crippen molar-refractivity contribution in [3.05, 3.63) is 34.3 Å². The zero-order chi connectivity index (χ0) is 20.4. The molecule has 3 heterocycles. The minimum absolute atomic E-state index is 0.635. The Balaban J connectivity index is 1.31. The minimum Gasteiger partial charge on any atom is -0.353 e. The first kappa shape index (κ1) is 21.0. The molecule has 4 rings (SSSR count). The Morgan fingerprint density at radius 3 is 2.45 bits per heavy atom. The van der Waals surface area contributed by atoms with Gasteiger partial charge in [0.2, 0.25) is 0 Å². The molecular weight excluding hydrogens is 405 g/mol. The summed E-state index contributed by atoms with van der Waals surface area (Å²) in [6.45, 7) is 12.6. The predicted molar refractivity (Wildman–Crippen MR) is 122 cm³/mol. The van der Waals surface area contributed by atoms with Gasteiger partial charge in [0.25, 0.3) is 0 Å². The van der Waals surface area contributed by atoms with Crippen LogP contribution in [0.4, 0.5) is 5.82 Å². The number of anilines is 1. The van der Waals surface area contributed by atoms with Crippen LogP contribution in [-0.4, -0.2) is 71.9 Å². The smallest absolute Gasteiger partial charge is 0.151 e. The molecule has 5 nitrogen and oxygen atoms in total. The van der Waals surface area contributed by atoms with Crippen molar-refractivity contribution in [3.63, 3.8) is 0 Å². The van der Waals surface area contributed by atoms with Gasteiger partial charge in [0.15, 0.2) is 5.82 Å². The predicted octanol–water partition coefficient (Wildman–Crippen LogP) is 4.63. The van der Waals surface area contributed by atoms with Gasteiger partial charge in [0.1, 0.15) is 0 Å². The van der Waals surface area contributed by atoms with E-state index in [2.05, 4.69) is 44.8 Å². The maximum absolute atomic E-state index is 6.14. The summed E-state index contributed by atoms with van der Waals surface area (Å²) in [4.78, 5) is 7.64. The van der Waals surface area contributed by atoms with E-state index in [9.17, 15) is 0 Å². The first-order valence-electron chi connectivity index (χ1n) is 10.7. The van der Waals surface area contributed by atoms with E-state index in [0.717, 1.165) is 49.2 Å². The number of piperidine rings is 1. The van der Waals surface area contributed by atoms with Crippen molar-refractivity contribution in [1.82, 2.24) is 20.0 Å². The highest BCUT2D eigenvalue weighted by atomic mass is 35.5. The molecule has 0 amide bonds. The number of hydrogen-bond acceptors (Lipinski definition) is 4. The molecule has 1 N–H and O–H groups in total. The van der Waals surface area contributed by atoms with Gasteiger partial charge in [-0.15, -0.1) is 0 Å². The number of H-pyrrole nitrogens is 1. The Bertz CT molecular complexity index is 793. The molecule has 1 aromatic carbocycles. The summed E-state index contributed by atoms with van der Waals surface area (Å²) in [5.74, 6) is 1.81. The van der Waals surface area contributed by atoms with Gasteiger partial charge in [0.05, 0.1) is 5.69 Å². The second kappa shape index (κ2) is 9.25. The van der Waals surface area contributed by atoms with Gasteiger partial charge in [-0.2, -0.15) is 5.10 Å². The van der Waals surface area contributed by atoms with E-state index in [1.165, 1.54) is 32.5 Å². The maximum Gasteiger partial charge on any atom is 0.151 e. The number of nitrogens with zero attached hydrogens (tertiary/aromatic N) is 4. The van der Waals surface area contributed by atoms with Crippen molar-refractivity contribution in [1.29, 1.82) is 0 Å². The zero-order valence-corrected chi connectivity index (χ0v) is 18.9. The van der Waals surface area contributed by atoms with Crippen molar-refractivity contribution in [2.45, 2.75) is 32.7 Å². The molecule has 2 aliphatic rings. The standard InChI is InChI=1S/C22H31Cl2N5/c1-16(2)29-5-3-4-17(15-29)14-27-6-8-28(9-7-27)22-13-21(25-26-22)18-10-19(23)12-20(24)11-18/h10-13,16-17H,3-9,14-15H2,1-2H3,(H,25,26). The first-order chi connectivity index (χ1) is 14.0. The van der Waals surface area contributed by atoms with E-state index in [4.69, 9.17) is 23.2 Å². The van der Waals surface area contributed by atoms with Gasteiger partial charge in [-0.05, 0) is 57.4 Å². The molecule has 1 aromatic heterocycles. The fourth-order valence-corrected chi connectivity index (χ4v) is 5.10. The number of halogens is 2. The van der Waals surface area contributed by atoms with Gasteiger partial charge in [-0.3, -0.25) is 10.00 Å². The highest BCUT2D eigenvalue weighted by molar-refractivity contribution is 6.35. The molecule has 7 heteroatoms. The molecule has 1 unspecified atom stereocenters. The summed E-state index contributed by atoms with van der Waals surface area (Å²) >= 11 is 12.3. The number of piperazine rings is 1. The molecular formula is C22H31Cl2N5. The van der Waals surface area contributed by atoms with Crippen LogP contribution in [-0.2, 0) is 0 Å². The van der Waals surface area contributed by atoms with Crippen molar-refractivity contribution >= 4 is 29.0 Å². The van der Waals surface area contributed by atoms with Crippen LogP contribution in [0.3, 0.4) is 0 Å². The van der Waals surface area contributed by atoms with E-state index in [1.54, 1.807) is 6.07 Å². The monoisotopic (exact) mass is 435 g/mol. The number of benzene rings is 1. The first-order valence-corrected chi connectivity index (χ1v) is 11.5. The Hall–Kier alpha value is -1.27. The third-order valence-corrected chi connectivity index (χ3v) is 6.67. The van der Waals surface area contributed by atoms with E-state index in [-0.39, 0.29) is 0 Å². The van der Waals surface area contributed by atoms with Gasteiger partial charge < -0.3 is 9.80 Å². The minimum atomic E-state index is 0.635. The summed E-state index contributed by atoms with van der Waals surface area (Å²) in [5.41, 5.74) is 1.91. The topological polar surface area (TPSA) is 38.4 Å². The van der Waals surface area contributed by atoms with Crippen LogP contribution in [0, 0.1) is 5.92 Å². The normalized spacial score (nSPS) is 21.8. The molecule has 0 spiro atoms. The lowest BCUT2D eigenvalue weighted by Crippen LogP contribution is -2.50. The number of aromatic amines is 1. The van der Waals surface area contributed by atoms with Gasteiger partial charge in [0, 0.05) is 67.0 Å². The van der Waals surface area contributed by atoms with Gasteiger partial charge >= 0.3 is 0 Å². The fourth-order valence-electron chi connectivity index (χ4n) is 4.57.